The summed E-state index contributed by atoms with van der Waals surface area (Å²) in [5, 5.41) is 0. The minimum absolute atomic E-state index is 1.10. The summed E-state index contributed by atoms with van der Waals surface area (Å²) in [4.78, 5) is 1.91. The summed E-state index contributed by atoms with van der Waals surface area (Å²) >= 11 is 0. The van der Waals surface area contributed by atoms with Gasteiger partial charge < -0.3 is 4.57 Å². The standard InChI is InChI=1S/C8H12N2/c1-9(2)7-8-5-4-6-10(8)3/h4-6H,1-3H3. The second kappa shape index (κ2) is 2.88. The molecule has 0 fully saturated rings. The van der Waals surface area contributed by atoms with E-state index in [1.54, 1.807) is 0 Å². The van der Waals surface area contributed by atoms with Gasteiger partial charge in [-0.2, -0.15) is 0 Å². The number of aryl methyl sites for hydroxylation is 1. The Morgan fingerprint density at radius 3 is 2.60 bits per heavy atom. The molecule has 1 heterocycles. The van der Waals surface area contributed by atoms with Gasteiger partial charge in [0.05, 0.1) is 0 Å². The zero-order chi connectivity index (χ0) is 7.56. The van der Waals surface area contributed by atoms with Crippen LogP contribution in [0, 0.1) is 6.54 Å². The molecule has 0 atom stereocenters. The molecule has 0 bridgehead atoms. The maximum absolute atomic E-state index is 3.15. The molecule has 0 aromatic carbocycles. The van der Waals surface area contributed by atoms with Gasteiger partial charge in [0.1, 0.15) is 6.54 Å². The van der Waals surface area contributed by atoms with Gasteiger partial charge in [-0.15, -0.1) is 0 Å². The topological polar surface area (TPSA) is 8.17 Å². The second-order valence-corrected chi connectivity index (χ2v) is 2.51. The molecule has 2 heteroatoms. The third-order valence-electron chi connectivity index (χ3n) is 1.28. The molecular weight excluding hydrogens is 124 g/mol. The normalized spacial score (nSPS) is 10.8. The predicted octanol–water partition coefficient (Wildman–Crippen LogP) is 0.974. The minimum atomic E-state index is 1.10. The maximum atomic E-state index is 3.15. The van der Waals surface area contributed by atoms with Crippen molar-refractivity contribution in [3.8, 4) is 0 Å². The van der Waals surface area contributed by atoms with E-state index >= 15 is 0 Å². The van der Waals surface area contributed by atoms with E-state index in [4.69, 9.17) is 0 Å². The van der Waals surface area contributed by atoms with E-state index in [0.29, 0.717) is 0 Å². The van der Waals surface area contributed by atoms with Gasteiger partial charge in [0.25, 0.3) is 0 Å². The molecule has 0 aliphatic carbocycles. The summed E-state index contributed by atoms with van der Waals surface area (Å²) in [6, 6.07) is 4.03. The SMILES string of the molecule is CN(C)[C]c1cccn1C. The Bertz CT molecular complexity index is 201. The van der Waals surface area contributed by atoms with Gasteiger partial charge in [0.2, 0.25) is 0 Å². The monoisotopic (exact) mass is 136 g/mol. The predicted molar refractivity (Wildman–Crippen MR) is 41.4 cm³/mol. The highest BCUT2D eigenvalue weighted by atomic mass is 15.1. The Balaban J connectivity index is 2.65. The van der Waals surface area contributed by atoms with E-state index in [1.165, 1.54) is 0 Å². The molecule has 10 heavy (non-hydrogen) atoms. The van der Waals surface area contributed by atoms with Crippen molar-refractivity contribution in [1.82, 2.24) is 9.47 Å². The van der Waals surface area contributed by atoms with Crippen LogP contribution in [-0.4, -0.2) is 23.6 Å². The lowest BCUT2D eigenvalue weighted by molar-refractivity contribution is 0.506. The largest absolute Gasteiger partial charge is 0.353 e. The highest BCUT2D eigenvalue weighted by molar-refractivity contribution is 5.14. The molecule has 0 spiro atoms. The van der Waals surface area contributed by atoms with Crippen molar-refractivity contribution in [3.05, 3.63) is 30.6 Å². The molecule has 1 aromatic heterocycles. The number of aromatic nitrogens is 1. The van der Waals surface area contributed by atoms with Crippen LogP contribution in [0.4, 0.5) is 0 Å². The fourth-order valence-electron chi connectivity index (χ4n) is 0.806. The van der Waals surface area contributed by atoms with E-state index in [1.807, 2.05) is 48.9 Å². The fraction of sp³-hybridized carbons (Fsp3) is 0.375. The molecule has 0 N–H and O–H groups in total. The maximum Gasteiger partial charge on any atom is 0.114 e. The average Bonchev–Trinajstić information content (AvgIpc) is 2.15. The molecule has 54 valence electrons. The molecule has 0 aliphatic heterocycles. The Morgan fingerprint density at radius 2 is 2.20 bits per heavy atom. The molecule has 0 saturated carbocycles. The smallest absolute Gasteiger partial charge is 0.114 e. The number of rotatable bonds is 2. The lowest BCUT2D eigenvalue weighted by Crippen LogP contribution is -2.10. The van der Waals surface area contributed by atoms with Gasteiger partial charge in [-0.25, -0.2) is 0 Å². The first-order valence-corrected chi connectivity index (χ1v) is 3.25. The summed E-state index contributed by atoms with van der Waals surface area (Å²) in [5.74, 6) is 0. The van der Waals surface area contributed by atoms with Crippen molar-refractivity contribution < 1.29 is 0 Å². The van der Waals surface area contributed by atoms with Crippen LogP contribution in [0.5, 0.6) is 0 Å². The molecule has 2 nitrogen and oxygen atoms in total. The number of hydrogen-bond acceptors (Lipinski definition) is 1. The number of hydrogen-bond donors (Lipinski definition) is 0. The van der Waals surface area contributed by atoms with E-state index < -0.39 is 0 Å². The summed E-state index contributed by atoms with van der Waals surface area (Å²) in [6.07, 6.45) is 2.01. The van der Waals surface area contributed by atoms with Crippen molar-refractivity contribution >= 4 is 0 Å². The first-order chi connectivity index (χ1) is 4.70. The van der Waals surface area contributed by atoms with E-state index in [9.17, 15) is 0 Å². The zero-order valence-electron chi connectivity index (χ0n) is 6.63. The van der Waals surface area contributed by atoms with Gasteiger partial charge >= 0.3 is 0 Å². The zero-order valence-corrected chi connectivity index (χ0v) is 6.63. The third kappa shape index (κ3) is 1.61. The Morgan fingerprint density at radius 1 is 1.50 bits per heavy atom. The Hall–Kier alpha value is -0.760. The minimum Gasteiger partial charge on any atom is -0.353 e. The molecule has 0 amide bonds. The van der Waals surface area contributed by atoms with Crippen molar-refractivity contribution in [2.75, 3.05) is 14.1 Å². The van der Waals surface area contributed by atoms with Crippen LogP contribution in [-0.2, 0) is 7.05 Å². The summed E-state index contributed by atoms with van der Waals surface area (Å²) in [7, 11) is 5.94. The fourth-order valence-corrected chi connectivity index (χ4v) is 0.806. The molecule has 0 unspecified atom stereocenters. The van der Waals surface area contributed by atoms with Crippen LogP contribution < -0.4 is 0 Å². The molecular formula is C8H12N2. The lowest BCUT2D eigenvalue weighted by Gasteiger charge is -2.07. The van der Waals surface area contributed by atoms with Gasteiger partial charge in [-0.3, -0.25) is 4.90 Å². The average molecular weight is 136 g/mol. The first kappa shape index (κ1) is 7.35. The first-order valence-electron chi connectivity index (χ1n) is 3.25. The Labute approximate surface area is 62.1 Å². The molecule has 1 aromatic rings. The van der Waals surface area contributed by atoms with Crippen LogP contribution in [0.25, 0.3) is 0 Å². The number of nitrogens with zero attached hydrogens (tertiary/aromatic N) is 2. The van der Waals surface area contributed by atoms with E-state index in [-0.39, 0.29) is 0 Å². The molecule has 0 aliphatic rings. The summed E-state index contributed by atoms with van der Waals surface area (Å²) in [5.41, 5.74) is 1.10. The van der Waals surface area contributed by atoms with Gasteiger partial charge in [0, 0.05) is 18.9 Å². The van der Waals surface area contributed by atoms with Crippen LogP contribution in [0.3, 0.4) is 0 Å². The van der Waals surface area contributed by atoms with Crippen LogP contribution in [0.2, 0.25) is 0 Å². The van der Waals surface area contributed by atoms with Crippen LogP contribution in [0.1, 0.15) is 5.69 Å². The summed E-state index contributed by atoms with van der Waals surface area (Å²) < 4.78 is 2.03. The highest BCUT2D eigenvalue weighted by Crippen LogP contribution is 2.03. The molecule has 0 saturated heterocycles. The van der Waals surface area contributed by atoms with Crippen LogP contribution in [0.15, 0.2) is 18.3 Å². The van der Waals surface area contributed by atoms with E-state index in [2.05, 4.69) is 6.54 Å². The van der Waals surface area contributed by atoms with Gasteiger partial charge in [0.15, 0.2) is 0 Å². The molecule has 1 rings (SSSR count). The highest BCUT2D eigenvalue weighted by Gasteiger charge is 1.98. The summed E-state index contributed by atoms with van der Waals surface area (Å²) in [6.45, 7) is 3.15. The second-order valence-electron chi connectivity index (χ2n) is 2.51. The van der Waals surface area contributed by atoms with Gasteiger partial charge in [-0.05, 0) is 26.2 Å². The van der Waals surface area contributed by atoms with E-state index in [0.717, 1.165) is 5.69 Å². The van der Waals surface area contributed by atoms with Gasteiger partial charge in [-0.1, -0.05) is 0 Å². The third-order valence-corrected chi connectivity index (χ3v) is 1.28. The van der Waals surface area contributed by atoms with Crippen molar-refractivity contribution in [2.24, 2.45) is 7.05 Å². The molecule has 2 radical (unpaired) electrons. The van der Waals surface area contributed by atoms with Crippen molar-refractivity contribution in [3.63, 3.8) is 0 Å². The van der Waals surface area contributed by atoms with Crippen molar-refractivity contribution in [1.29, 1.82) is 0 Å². The quantitative estimate of drug-likeness (QED) is 0.550. The Kier molecular flexibility index (Phi) is 2.12. The van der Waals surface area contributed by atoms with Crippen LogP contribution >= 0.6 is 0 Å². The van der Waals surface area contributed by atoms with Crippen molar-refractivity contribution in [2.45, 2.75) is 0 Å². The lowest BCUT2D eigenvalue weighted by atomic mass is 10.4.